The number of benzene rings is 7. The zero-order valence-electron chi connectivity index (χ0n) is 37.9. The molecule has 9 rings (SSSR count). The smallest absolute Gasteiger partial charge is 0.665 e. The Balaban J connectivity index is 0.00000560. The number of hydrogen-bond donors (Lipinski definition) is 0. The summed E-state index contributed by atoms with van der Waals surface area (Å²) in [7, 11) is 3.91. The molecule has 7 aromatic carbocycles. The molecule has 314 valence electrons. The van der Waals surface area contributed by atoms with Crippen LogP contribution >= 0.6 is 0 Å². The number of ether oxygens (including phenoxy) is 1. The van der Waals surface area contributed by atoms with Crippen LogP contribution in [0.2, 0.25) is 0 Å². The first-order chi connectivity index (χ1) is 30.2. The van der Waals surface area contributed by atoms with Gasteiger partial charge in [0.1, 0.15) is 5.82 Å². The molecular formula is C58H51N3OPt. The number of para-hydroxylation sites is 1. The molecule has 0 atom stereocenters. The van der Waals surface area contributed by atoms with E-state index in [2.05, 4.69) is 186 Å². The normalized spacial score (nSPS) is 11.9. The third-order valence-corrected chi connectivity index (χ3v) is 11.7. The van der Waals surface area contributed by atoms with Crippen molar-refractivity contribution in [2.75, 3.05) is 0 Å². The zero-order valence-corrected chi connectivity index (χ0v) is 39.1. The Labute approximate surface area is 388 Å². The van der Waals surface area contributed by atoms with Crippen LogP contribution < -0.4 is 4.74 Å². The van der Waals surface area contributed by atoms with Gasteiger partial charge in [-0.05, 0) is 106 Å². The number of fused-ring (bicyclic) bond motifs is 1. The van der Waals surface area contributed by atoms with E-state index in [0.29, 0.717) is 5.75 Å². The molecule has 0 radical (unpaired) electrons. The first kappa shape index (κ1) is 42.0. The third kappa shape index (κ3) is 8.70. The van der Waals surface area contributed by atoms with Crippen LogP contribution in [0.3, 0.4) is 0 Å². The van der Waals surface area contributed by atoms with Gasteiger partial charge in [-0.25, -0.2) is 4.98 Å². The second kappa shape index (κ2) is 17.8. The van der Waals surface area contributed by atoms with E-state index in [1.165, 1.54) is 5.56 Å². The Morgan fingerprint density at radius 1 is 0.651 bits per heavy atom. The van der Waals surface area contributed by atoms with E-state index in [4.69, 9.17) is 16.1 Å². The molecule has 0 saturated heterocycles. The van der Waals surface area contributed by atoms with Crippen LogP contribution in [0.5, 0.6) is 5.75 Å². The topological polar surface area (TPSA) is 39.9 Å². The van der Waals surface area contributed by atoms with Crippen molar-refractivity contribution in [1.29, 1.82) is 0 Å². The van der Waals surface area contributed by atoms with Gasteiger partial charge in [-0.1, -0.05) is 167 Å². The van der Waals surface area contributed by atoms with Gasteiger partial charge in [0, 0.05) is 18.9 Å². The van der Waals surface area contributed by atoms with E-state index in [0.717, 1.165) is 101 Å². The second-order valence-corrected chi connectivity index (χ2v) is 17.5. The summed E-state index contributed by atoms with van der Waals surface area (Å²) in [6, 6.07) is 59.3. The van der Waals surface area contributed by atoms with Crippen molar-refractivity contribution < 1.29 is 27.2 Å². The maximum Gasteiger partial charge on any atom is 2.00 e. The Morgan fingerprint density at radius 3 is 1.95 bits per heavy atom. The molecule has 0 N–H and O–H groups in total. The summed E-state index contributed by atoms with van der Waals surface area (Å²) in [4.78, 5) is 10.5. The monoisotopic (exact) mass is 1000 g/mol. The van der Waals surface area contributed by atoms with E-state index in [1.807, 2.05) is 44.3 Å². The summed E-state index contributed by atoms with van der Waals surface area (Å²) in [6.07, 6.45) is 1.87. The zero-order chi connectivity index (χ0) is 44.0. The maximum atomic E-state index is 8.51. The second-order valence-electron chi connectivity index (χ2n) is 17.5. The minimum absolute atomic E-state index is 0. The van der Waals surface area contributed by atoms with Crippen molar-refractivity contribution in [3.05, 3.63) is 199 Å². The van der Waals surface area contributed by atoms with E-state index in [-0.39, 0.29) is 26.5 Å². The third-order valence-electron chi connectivity index (χ3n) is 11.7. The number of imidazole rings is 1. The molecule has 9 aromatic rings. The van der Waals surface area contributed by atoms with Gasteiger partial charge in [-0.15, -0.1) is 23.8 Å². The number of aryl methyl sites for hydroxylation is 2. The number of nitrogens with zero attached hydrogens (tertiary/aromatic N) is 3. The molecule has 0 amide bonds. The first-order valence-electron chi connectivity index (χ1n) is 21.7. The minimum atomic E-state index is -0.672. The van der Waals surface area contributed by atoms with Crippen molar-refractivity contribution in [1.82, 2.24) is 14.5 Å². The summed E-state index contributed by atoms with van der Waals surface area (Å²) in [5.41, 5.74) is 17.9. The average Bonchev–Trinajstić information content (AvgIpc) is 3.68. The molecule has 63 heavy (non-hydrogen) atoms. The van der Waals surface area contributed by atoms with E-state index < -0.39 is 5.89 Å². The van der Waals surface area contributed by atoms with Crippen LogP contribution in [0.4, 0.5) is 0 Å². The summed E-state index contributed by atoms with van der Waals surface area (Å²) in [5, 5.41) is 0. The predicted molar refractivity (Wildman–Crippen MR) is 259 cm³/mol. The molecule has 2 aromatic heterocycles. The summed E-state index contributed by atoms with van der Waals surface area (Å²) < 4.78 is 16.7. The van der Waals surface area contributed by atoms with Crippen LogP contribution in [0.25, 0.3) is 83.9 Å². The standard InChI is InChI=1S/C58H51N3O.Pt/c1-37(2)40-22-24-43(25-23-40)44-26-27-59-53(35-44)48-31-45(41-16-11-9-12-17-41)30-47(32-48)51-20-15-21-54-55(51)60-57(52-29-38(3)28-39(4)56(52)62-8)61(54)50-34-46(42-18-13-10-14-19-42)33-49(36-50)58(5,6)7;/h9-31,33-37H,8H2,1-7H3;/q-2;+2/i37D;. The number of rotatable bonds is 9. The van der Waals surface area contributed by atoms with Gasteiger partial charge < -0.3 is 4.74 Å². The number of hydrogen-bond acceptors (Lipinski definition) is 3. The molecule has 0 bridgehead atoms. The minimum Gasteiger partial charge on any atom is -0.665 e. The van der Waals surface area contributed by atoms with Crippen LogP contribution in [-0.4, -0.2) is 14.5 Å². The van der Waals surface area contributed by atoms with Gasteiger partial charge in [0.2, 0.25) is 0 Å². The molecule has 0 aliphatic carbocycles. The van der Waals surface area contributed by atoms with E-state index >= 15 is 0 Å². The van der Waals surface area contributed by atoms with Gasteiger partial charge in [0.25, 0.3) is 0 Å². The summed E-state index contributed by atoms with van der Waals surface area (Å²) in [5.74, 6) is 0.786. The largest absolute Gasteiger partial charge is 2.00 e. The molecule has 4 nitrogen and oxygen atoms in total. The molecule has 0 fully saturated rings. The fourth-order valence-electron chi connectivity index (χ4n) is 8.44. The quantitative estimate of drug-likeness (QED) is 0.135. The van der Waals surface area contributed by atoms with Gasteiger partial charge in [-0.2, -0.15) is 7.11 Å². The van der Waals surface area contributed by atoms with Crippen LogP contribution in [0.15, 0.2) is 164 Å². The molecule has 0 aliphatic heterocycles. The molecular weight excluding hydrogens is 950 g/mol. The van der Waals surface area contributed by atoms with E-state index in [1.54, 1.807) is 0 Å². The maximum absolute atomic E-state index is 8.51. The van der Waals surface area contributed by atoms with Crippen molar-refractivity contribution in [3.63, 3.8) is 0 Å². The van der Waals surface area contributed by atoms with Crippen molar-refractivity contribution >= 4 is 11.0 Å². The molecule has 5 heteroatoms. The van der Waals surface area contributed by atoms with E-state index in [9.17, 15) is 0 Å². The SMILES string of the molecule is [2H]C(C)(C)c1ccc(-c2ccnc(-c3[c-]c(-c4cccc5c4nc(-c4cc(C)cc(C)c4O[CH2-])n5-c4cc(-c5ccccc5)cc(C(C)(C)C)c4)cc(-c4ccccc4)c3)c2)cc1.[Pt+2]. The number of aromatic nitrogens is 3. The fourth-order valence-corrected chi connectivity index (χ4v) is 8.44. The Bertz CT molecular complexity index is 3120. The van der Waals surface area contributed by atoms with Crippen molar-refractivity contribution in [2.45, 2.75) is 59.8 Å². The Morgan fingerprint density at radius 2 is 1.30 bits per heavy atom. The van der Waals surface area contributed by atoms with Crippen LogP contribution in [0, 0.1) is 27.0 Å². The molecule has 0 spiro atoms. The van der Waals surface area contributed by atoms with Crippen molar-refractivity contribution in [3.8, 4) is 78.6 Å². The molecule has 0 saturated carbocycles. The van der Waals surface area contributed by atoms with Gasteiger partial charge in [-0.3, -0.25) is 9.55 Å². The summed E-state index contributed by atoms with van der Waals surface area (Å²) in [6.45, 7) is 14.8. The van der Waals surface area contributed by atoms with Gasteiger partial charge >= 0.3 is 21.1 Å². The van der Waals surface area contributed by atoms with Gasteiger partial charge in [0.15, 0.2) is 0 Å². The van der Waals surface area contributed by atoms with Crippen LogP contribution in [0.1, 0.15) is 64.1 Å². The molecule has 2 heterocycles. The Hall–Kier alpha value is -6.35. The van der Waals surface area contributed by atoms with Crippen LogP contribution in [-0.2, 0) is 26.5 Å². The number of pyridine rings is 1. The summed E-state index contributed by atoms with van der Waals surface area (Å²) >= 11 is 0. The average molecular weight is 1000 g/mol. The predicted octanol–water partition coefficient (Wildman–Crippen LogP) is 15.4. The fraction of sp³-hybridized carbons (Fsp3) is 0.155. The first-order valence-corrected chi connectivity index (χ1v) is 21.2. The van der Waals surface area contributed by atoms with Crippen molar-refractivity contribution in [2.24, 2.45) is 0 Å². The molecule has 0 unspecified atom stereocenters. The molecule has 0 aliphatic rings. The van der Waals surface area contributed by atoms with Gasteiger partial charge in [0.05, 0.1) is 22.3 Å². The Kier molecular flexibility index (Phi) is 11.9.